The Balaban J connectivity index is 1.90. The number of carbonyl (C=O) groups is 1. The van der Waals surface area contributed by atoms with Crippen molar-refractivity contribution in [2.75, 3.05) is 13.7 Å². The van der Waals surface area contributed by atoms with E-state index in [0.29, 0.717) is 12.5 Å². The summed E-state index contributed by atoms with van der Waals surface area (Å²) >= 11 is 3.60. The van der Waals surface area contributed by atoms with Gasteiger partial charge >= 0.3 is 5.97 Å². The highest BCUT2D eigenvalue weighted by molar-refractivity contribution is 9.10. The number of hydrogen-bond acceptors (Lipinski definition) is 4. The highest BCUT2D eigenvalue weighted by Gasteiger charge is 2.51. The molecule has 35 heavy (non-hydrogen) atoms. The van der Waals surface area contributed by atoms with Gasteiger partial charge in [-0.3, -0.25) is 4.79 Å². The minimum absolute atomic E-state index is 0.00602. The first-order chi connectivity index (χ1) is 16.4. The minimum atomic E-state index is -2.61. The molecule has 0 amide bonds. The van der Waals surface area contributed by atoms with Gasteiger partial charge in [-0.15, -0.1) is 0 Å². The predicted molar refractivity (Wildman–Crippen MR) is 149 cm³/mol. The van der Waals surface area contributed by atoms with Crippen molar-refractivity contribution in [3.8, 4) is 0 Å². The second kappa shape index (κ2) is 11.3. The zero-order chi connectivity index (χ0) is 25.9. The van der Waals surface area contributed by atoms with Gasteiger partial charge in [0.2, 0.25) is 0 Å². The zero-order valence-electron chi connectivity index (χ0n) is 22.2. The second-order valence-corrected chi connectivity index (χ2v) is 17.1. The predicted octanol–water partition coefficient (Wildman–Crippen LogP) is 5.71. The highest BCUT2D eigenvalue weighted by atomic mass is 79.9. The van der Waals surface area contributed by atoms with E-state index in [-0.39, 0.29) is 29.1 Å². The lowest BCUT2D eigenvalue weighted by Crippen LogP contribution is -2.67. The number of rotatable bonds is 8. The Hall–Kier alpha value is -1.47. The van der Waals surface area contributed by atoms with E-state index in [2.05, 4.69) is 111 Å². The first kappa shape index (κ1) is 28.1. The van der Waals surface area contributed by atoms with Crippen LogP contribution in [-0.4, -0.2) is 44.5 Å². The molecule has 0 radical (unpaired) electrons. The molecule has 0 saturated carbocycles. The monoisotopic (exact) mass is 560 g/mol. The molecule has 2 aromatic rings. The quantitative estimate of drug-likeness (QED) is 0.235. The van der Waals surface area contributed by atoms with Crippen LogP contribution in [-0.2, 0) is 18.7 Å². The molecule has 1 fully saturated rings. The van der Waals surface area contributed by atoms with Crippen LogP contribution in [0.4, 0.5) is 0 Å². The van der Waals surface area contributed by atoms with Crippen molar-refractivity contribution < 1.29 is 18.7 Å². The van der Waals surface area contributed by atoms with Gasteiger partial charge in [-0.05, 0) is 41.1 Å². The van der Waals surface area contributed by atoms with Crippen molar-refractivity contribution in [3.63, 3.8) is 0 Å². The van der Waals surface area contributed by atoms with E-state index in [1.165, 1.54) is 17.5 Å². The minimum Gasteiger partial charge on any atom is -0.468 e. The molecule has 3 rings (SSSR count). The fourth-order valence-corrected chi connectivity index (χ4v) is 10.7. The van der Waals surface area contributed by atoms with Gasteiger partial charge in [0.1, 0.15) is 4.32 Å². The number of halogens is 1. The van der Waals surface area contributed by atoms with Crippen LogP contribution in [0.1, 0.15) is 54.4 Å². The number of esters is 1. The molecule has 4 nitrogen and oxygen atoms in total. The molecule has 1 heterocycles. The van der Waals surface area contributed by atoms with Crippen LogP contribution in [0, 0.1) is 11.8 Å². The third-order valence-corrected chi connectivity index (χ3v) is 13.3. The molecular formula is C29H41BrO4Si. The average Bonchev–Trinajstić information content (AvgIpc) is 2.84. The van der Waals surface area contributed by atoms with Gasteiger partial charge in [-0.25, -0.2) is 0 Å². The zero-order valence-corrected chi connectivity index (χ0v) is 24.8. The summed E-state index contributed by atoms with van der Waals surface area (Å²) in [5.41, 5.74) is 0. The van der Waals surface area contributed by atoms with Crippen molar-refractivity contribution in [2.45, 2.75) is 76.0 Å². The van der Waals surface area contributed by atoms with Crippen LogP contribution in [0.15, 0.2) is 60.7 Å². The fraction of sp³-hybridized carbons (Fsp3) is 0.552. The Morgan fingerprint density at radius 2 is 1.54 bits per heavy atom. The fourth-order valence-electron chi connectivity index (χ4n) is 5.51. The first-order valence-electron chi connectivity index (χ1n) is 12.6. The summed E-state index contributed by atoms with van der Waals surface area (Å²) < 4.78 is 17.9. The number of hydrogen-bond donors (Lipinski definition) is 0. The lowest BCUT2D eigenvalue weighted by molar-refractivity contribution is -0.158. The third-order valence-electron chi connectivity index (χ3n) is 7.50. The van der Waals surface area contributed by atoms with E-state index in [0.717, 1.165) is 12.8 Å². The third kappa shape index (κ3) is 5.76. The molecule has 6 heteroatoms. The number of methoxy groups -OCH3 is 1. The lowest BCUT2D eigenvalue weighted by atomic mass is 9.84. The molecule has 5 atom stereocenters. The average molecular weight is 562 g/mol. The maximum atomic E-state index is 12.4. The number of benzene rings is 2. The highest BCUT2D eigenvalue weighted by Crippen LogP contribution is 2.40. The molecule has 2 aromatic carbocycles. The van der Waals surface area contributed by atoms with Gasteiger partial charge in [-0.2, -0.15) is 0 Å². The molecule has 1 unspecified atom stereocenters. The van der Waals surface area contributed by atoms with Crippen molar-refractivity contribution in [2.24, 2.45) is 11.8 Å². The normalized spacial score (nSPS) is 23.8. The van der Waals surface area contributed by atoms with Gasteiger partial charge in [0.15, 0.2) is 0 Å². The standard InChI is InChI=1S/C29H41BrO4Si/c1-21-18-19-25(29(6,30)27(31)32-7)34-26(21)22(2)20-33-35(28(3,4)5,23-14-10-8-11-15-23)24-16-12-9-13-17-24/h8-17,21-22,25-26H,18-20H2,1-7H3/t21-,22-,25-,26-,29?/m0/s1. The van der Waals surface area contributed by atoms with Gasteiger partial charge in [0, 0.05) is 12.5 Å². The Labute approximate surface area is 221 Å². The SMILES string of the molecule is COC(=O)C(C)(Br)[C@@H]1CC[C@H](C)[C@@H]([C@@H](C)CO[Si](c2ccccc2)(c2ccccc2)C(C)(C)C)O1. The van der Waals surface area contributed by atoms with Crippen LogP contribution in [0.3, 0.4) is 0 Å². The summed E-state index contributed by atoms with van der Waals surface area (Å²) in [4.78, 5) is 12.4. The number of carbonyl (C=O) groups excluding carboxylic acids is 1. The van der Waals surface area contributed by atoms with Gasteiger partial charge in [0.05, 0.1) is 19.3 Å². The van der Waals surface area contributed by atoms with Crippen LogP contribution < -0.4 is 10.4 Å². The molecule has 192 valence electrons. The summed E-state index contributed by atoms with van der Waals surface area (Å²) in [6.45, 7) is 13.8. The molecule has 1 aliphatic heterocycles. The summed E-state index contributed by atoms with van der Waals surface area (Å²) in [5, 5.41) is 2.48. The Morgan fingerprint density at radius 3 is 2.00 bits per heavy atom. The molecule has 0 bridgehead atoms. The number of alkyl halides is 1. The maximum absolute atomic E-state index is 12.4. The van der Waals surface area contributed by atoms with Crippen molar-refractivity contribution in [1.82, 2.24) is 0 Å². The van der Waals surface area contributed by atoms with Gasteiger partial charge in [-0.1, -0.05) is 111 Å². The largest absolute Gasteiger partial charge is 0.468 e. The van der Waals surface area contributed by atoms with E-state index in [1.54, 1.807) is 0 Å². The van der Waals surface area contributed by atoms with Crippen LogP contribution in [0.2, 0.25) is 5.04 Å². The topological polar surface area (TPSA) is 44.8 Å². The molecular weight excluding hydrogens is 520 g/mol. The molecule has 0 aliphatic carbocycles. The van der Waals surface area contributed by atoms with Crippen molar-refractivity contribution >= 4 is 40.6 Å². The van der Waals surface area contributed by atoms with E-state index in [1.807, 2.05) is 6.92 Å². The summed E-state index contributed by atoms with van der Waals surface area (Å²) in [6.07, 6.45) is 1.56. The Kier molecular flexibility index (Phi) is 9.06. The molecule has 0 aromatic heterocycles. The molecule has 1 saturated heterocycles. The lowest BCUT2D eigenvalue weighted by Gasteiger charge is -2.46. The molecule has 0 N–H and O–H groups in total. The van der Waals surface area contributed by atoms with Crippen LogP contribution in [0.25, 0.3) is 0 Å². The van der Waals surface area contributed by atoms with E-state index in [9.17, 15) is 4.79 Å². The van der Waals surface area contributed by atoms with Crippen LogP contribution >= 0.6 is 15.9 Å². The smallest absolute Gasteiger partial charge is 0.325 e. The second-order valence-electron chi connectivity index (χ2n) is 11.2. The molecule has 1 aliphatic rings. The summed E-state index contributed by atoms with van der Waals surface area (Å²) in [7, 11) is -1.19. The van der Waals surface area contributed by atoms with E-state index >= 15 is 0 Å². The first-order valence-corrected chi connectivity index (χ1v) is 15.3. The Bertz CT molecular complexity index is 918. The maximum Gasteiger partial charge on any atom is 0.325 e. The van der Waals surface area contributed by atoms with E-state index in [4.69, 9.17) is 13.9 Å². The summed E-state index contributed by atoms with van der Waals surface area (Å²) in [5.74, 6) is 0.243. The van der Waals surface area contributed by atoms with Crippen LogP contribution in [0.5, 0.6) is 0 Å². The molecule has 0 spiro atoms. The van der Waals surface area contributed by atoms with Gasteiger partial charge < -0.3 is 13.9 Å². The van der Waals surface area contributed by atoms with Crippen molar-refractivity contribution in [3.05, 3.63) is 60.7 Å². The summed E-state index contributed by atoms with van der Waals surface area (Å²) in [6, 6.07) is 21.4. The number of ether oxygens (including phenoxy) is 2. The van der Waals surface area contributed by atoms with Crippen molar-refractivity contribution in [1.29, 1.82) is 0 Å². The van der Waals surface area contributed by atoms with Gasteiger partial charge in [0.25, 0.3) is 8.32 Å². The Morgan fingerprint density at radius 1 is 1.03 bits per heavy atom. The van der Waals surface area contributed by atoms with E-state index < -0.39 is 12.6 Å².